The number of rotatable bonds is 5. The molecule has 0 radical (unpaired) electrons. The fraction of sp³-hybridized carbons (Fsp3) is 0.154. The summed E-state index contributed by atoms with van der Waals surface area (Å²) in [5, 5.41) is 11.7. The number of benzene rings is 3. The number of Topliss-reactive ketones (excluding diaryl/α,β-unsaturated/α-hetero) is 1. The molecule has 1 aliphatic rings. The standard InChI is InChI=1S/C26H22ClNO5/c1-15-8-7-9-16(12-15)23-22(25(30)26(31)28(23)17-10-5-4-6-11-17)24(29)18-13-21(33-3)19(27)14-20(18)32-2/h4-14,23,29H,1-3H3/b24-22+. The highest BCUT2D eigenvalue weighted by Crippen LogP contribution is 2.44. The van der Waals surface area contributed by atoms with Gasteiger partial charge in [-0.3, -0.25) is 14.5 Å². The number of amides is 1. The predicted octanol–water partition coefficient (Wildman–Crippen LogP) is 5.29. The lowest BCUT2D eigenvalue weighted by atomic mass is 9.94. The Morgan fingerprint density at radius 1 is 0.939 bits per heavy atom. The minimum Gasteiger partial charge on any atom is -0.507 e. The number of ether oxygens (including phenoxy) is 2. The summed E-state index contributed by atoms with van der Waals surface area (Å²) in [5.74, 6) is -1.35. The number of aliphatic hydroxyl groups excluding tert-OH is 1. The van der Waals surface area contributed by atoms with Gasteiger partial charge in [0.2, 0.25) is 0 Å². The number of anilines is 1. The van der Waals surface area contributed by atoms with E-state index in [4.69, 9.17) is 21.1 Å². The predicted molar refractivity (Wildman–Crippen MR) is 127 cm³/mol. The van der Waals surface area contributed by atoms with Crippen molar-refractivity contribution in [3.63, 3.8) is 0 Å². The molecular formula is C26H22ClNO5. The molecule has 0 spiro atoms. The van der Waals surface area contributed by atoms with Crippen LogP contribution in [0.15, 0.2) is 72.3 Å². The third-order valence-electron chi connectivity index (χ3n) is 5.57. The Bertz CT molecular complexity index is 1270. The average molecular weight is 464 g/mol. The molecule has 1 heterocycles. The summed E-state index contributed by atoms with van der Waals surface area (Å²) in [4.78, 5) is 27.9. The number of carbonyl (C=O) groups excluding carboxylic acids is 2. The minimum absolute atomic E-state index is 0.0443. The van der Waals surface area contributed by atoms with Crippen molar-refractivity contribution in [3.8, 4) is 11.5 Å². The Morgan fingerprint density at radius 2 is 1.64 bits per heavy atom. The lowest BCUT2D eigenvalue weighted by Crippen LogP contribution is -2.29. The first-order valence-electron chi connectivity index (χ1n) is 10.2. The Hall–Kier alpha value is -3.77. The number of nitrogens with zero attached hydrogens (tertiary/aromatic N) is 1. The van der Waals surface area contributed by atoms with Gasteiger partial charge < -0.3 is 14.6 Å². The smallest absolute Gasteiger partial charge is 0.300 e. The van der Waals surface area contributed by atoms with Crippen molar-refractivity contribution in [1.29, 1.82) is 0 Å². The zero-order chi connectivity index (χ0) is 23.7. The molecule has 1 saturated heterocycles. The second kappa shape index (κ2) is 9.00. The van der Waals surface area contributed by atoms with E-state index in [2.05, 4.69) is 0 Å². The van der Waals surface area contributed by atoms with Gasteiger partial charge in [-0.1, -0.05) is 59.6 Å². The van der Waals surface area contributed by atoms with Crippen molar-refractivity contribution < 1.29 is 24.2 Å². The van der Waals surface area contributed by atoms with Gasteiger partial charge in [0, 0.05) is 11.8 Å². The molecule has 6 nitrogen and oxygen atoms in total. The number of hydrogen-bond acceptors (Lipinski definition) is 5. The van der Waals surface area contributed by atoms with Gasteiger partial charge in [-0.2, -0.15) is 0 Å². The molecule has 1 atom stereocenters. The van der Waals surface area contributed by atoms with Crippen molar-refractivity contribution in [2.45, 2.75) is 13.0 Å². The van der Waals surface area contributed by atoms with E-state index in [1.165, 1.54) is 31.3 Å². The van der Waals surface area contributed by atoms with Crippen LogP contribution in [0.2, 0.25) is 5.02 Å². The largest absolute Gasteiger partial charge is 0.507 e. The quantitative estimate of drug-likeness (QED) is 0.316. The number of ketones is 1. The highest BCUT2D eigenvalue weighted by atomic mass is 35.5. The fourth-order valence-electron chi connectivity index (χ4n) is 4.03. The van der Waals surface area contributed by atoms with E-state index in [1.807, 2.05) is 37.3 Å². The van der Waals surface area contributed by atoms with Crippen LogP contribution in [0.25, 0.3) is 5.76 Å². The van der Waals surface area contributed by atoms with Crippen molar-refractivity contribution in [2.75, 3.05) is 19.1 Å². The summed E-state index contributed by atoms with van der Waals surface area (Å²) >= 11 is 6.21. The molecule has 0 aromatic heterocycles. The van der Waals surface area contributed by atoms with E-state index in [0.29, 0.717) is 17.0 Å². The van der Waals surface area contributed by atoms with Gasteiger partial charge in [0.05, 0.1) is 36.4 Å². The summed E-state index contributed by atoms with van der Waals surface area (Å²) < 4.78 is 10.7. The van der Waals surface area contributed by atoms with Crippen LogP contribution >= 0.6 is 11.6 Å². The van der Waals surface area contributed by atoms with Gasteiger partial charge in [-0.05, 0) is 30.7 Å². The monoisotopic (exact) mass is 463 g/mol. The number of carbonyl (C=O) groups is 2. The maximum atomic E-state index is 13.3. The normalized spacial score (nSPS) is 17.3. The van der Waals surface area contributed by atoms with E-state index in [0.717, 1.165) is 5.56 Å². The van der Waals surface area contributed by atoms with Crippen molar-refractivity contribution in [3.05, 3.63) is 94.0 Å². The van der Waals surface area contributed by atoms with Gasteiger partial charge in [0.1, 0.15) is 17.3 Å². The summed E-state index contributed by atoms with van der Waals surface area (Å²) in [6.45, 7) is 1.92. The molecule has 7 heteroatoms. The first-order chi connectivity index (χ1) is 15.9. The second-order valence-electron chi connectivity index (χ2n) is 7.61. The van der Waals surface area contributed by atoms with Crippen LogP contribution in [0.3, 0.4) is 0 Å². The van der Waals surface area contributed by atoms with Crippen molar-refractivity contribution in [2.24, 2.45) is 0 Å². The molecule has 33 heavy (non-hydrogen) atoms. The summed E-state index contributed by atoms with van der Waals surface area (Å²) in [6.07, 6.45) is 0. The van der Waals surface area contributed by atoms with E-state index in [-0.39, 0.29) is 27.7 Å². The molecule has 1 fully saturated rings. The fourth-order valence-corrected chi connectivity index (χ4v) is 4.26. The number of aryl methyl sites for hydroxylation is 1. The molecule has 3 aromatic carbocycles. The summed E-state index contributed by atoms with van der Waals surface area (Å²) in [5.41, 5.74) is 2.35. The van der Waals surface area contributed by atoms with Gasteiger partial charge >= 0.3 is 0 Å². The zero-order valence-electron chi connectivity index (χ0n) is 18.3. The average Bonchev–Trinajstić information content (AvgIpc) is 3.09. The van der Waals surface area contributed by atoms with Crippen LogP contribution in [0.4, 0.5) is 5.69 Å². The molecule has 1 unspecified atom stereocenters. The van der Waals surface area contributed by atoms with Gasteiger partial charge in [0.15, 0.2) is 0 Å². The van der Waals surface area contributed by atoms with Crippen molar-refractivity contribution in [1.82, 2.24) is 0 Å². The molecule has 1 amide bonds. The summed E-state index contributed by atoms with van der Waals surface area (Å²) in [7, 11) is 2.87. The Morgan fingerprint density at radius 3 is 2.27 bits per heavy atom. The van der Waals surface area contributed by atoms with E-state index < -0.39 is 17.7 Å². The van der Waals surface area contributed by atoms with Crippen LogP contribution in [-0.2, 0) is 9.59 Å². The molecule has 168 valence electrons. The Labute approximate surface area is 196 Å². The number of aliphatic hydroxyl groups is 1. The molecule has 4 rings (SSSR count). The van der Waals surface area contributed by atoms with Crippen LogP contribution in [0.1, 0.15) is 22.7 Å². The number of hydrogen-bond donors (Lipinski definition) is 1. The first kappa shape index (κ1) is 22.4. The van der Waals surface area contributed by atoms with E-state index in [9.17, 15) is 14.7 Å². The van der Waals surface area contributed by atoms with Gasteiger partial charge in [0.25, 0.3) is 11.7 Å². The molecule has 1 N–H and O–H groups in total. The lowest BCUT2D eigenvalue weighted by molar-refractivity contribution is -0.132. The van der Waals surface area contributed by atoms with E-state index >= 15 is 0 Å². The molecule has 0 saturated carbocycles. The lowest BCUT2D eigenvalue weighted by Gasteiger charge is -2.26. The molecule has 1 aliphatic heterocycles. The zero-order valence-corrected chi connectivity index (χ0v) is 19.1. The van der Waals surface area contributed by atoms with Crippen LogP contribution in [-0.4, -0.2) is 31.0 Å². The number of para-hydroxylation sites is 1. The first-order valence-corrected chi connectivity index (χ1v) is 10.6. The van der Waals surface area contributed by atoms with Crippen LogP contribution in [0.5, 0.6) is 11.5 Å². The van der Waals surface area contributed by atoms with E-state index in [1.54, 1.807) is 24.3 Å². The highest BCUT2D eigenvalue weighted by molar-refractivity contribution is 6.51. The Kier molecular flexibility index (Phi) is 6.11. The maximum absolute atomic E-state index is 13.3. The van der Waals surface area contributed by atoms with Crippen molar-refractivity contribution >= 4 is 34.7 Å². The maximum Gasteiger partial charge on any atom is 0.300 e. The van der Waals surface area contributed by atoms with Crippen LogP contribution < -0.4 is 14.4 Å². The van der Waals surface area contributed by atoms with Crippen LogP contribution in [0, 0.1) is 6.92 Å². The molecule has 3 aromatic rings. The third kappa shape index (κ3) is 3.94. The minimum atomic E-state index is -0.835. The highest BCUT2D eigenvalue weighted by Gasteiger charge is 2.47. The number of methoxy groups -OCH3 is 2. The second-order valence-corrected chi connectivity index (χ2v) is 8.01. The third-order valence-corrected chi connectivity index (χ3v) is 5.86. The molecule has 0 aliphatic carbocycles. The van der Waals surface area contributed by atoms with Gasteiger partial charge in [-0.25, -0.2) is 0 Å². The molecular weight excluding hydrogens is 442 g/mol. The number of halogens is 1. The SMILES string of the molecule is COc1cc(/C(O)=C2\C(=O)C(=O)N(c3ccccc3)C2c2cccc(C)c2)c(OC)cc1Cl. The Balaban J connectivity index is 2.00. The van der Waals surface area contributed by atoms with Gasteiger partial charge in [-0.15, -0.1) is 0 Å². The summed E-state index contributed by atoms with van der Waals surface area (Å²) in [6, 6.07) is 18.5. The molecule has 0 bridgehead atoms. The topological polar surface area (TPSA) is 76.1 Å².